The third-order valence-electron chi connectivity index (χ3n) is 7.55. The molecule has 2 heterocycles. The molecule has 2 saturated heterocycles. The van der Waals surface area contributed by atoms with Gasteiger partial charge >= 0.3 is 0 Å². The molecule has 5 nitrogen and oxygen atoms in total. The van der Waals surface area contributed by atoms with Crippen molar-refractivity contribution in [3.63, 3.8) is 0 Å². The molecule has 0 aliphatic carbocycles. The zero-order valence-corrected chi connectivity index (χ0v) is 22.2. The van der Waals surface area contributed by atoms with E-state index in [1.807, 2.05) is 0 Å². The highest BCUT2D eigenvalue weighted by molar-refractivity contribution is 5.99. The topological polar surface area (TPSA) is 43.9 Å². The van der Waals surface area contributed by atoms with Gasteiger partial charge in [-0.15, -0.1) is 0 Å². The molecule has 2 amide bonds. The van der Waals surface area contributed by atoms with Crippen LogP contribution in [0, 0.1) is 23.4 Å². The molecule has 2 aliphatic rings. The maximum atomic E-state index is 14.0. The number of imide groups is 1. The van der Waals surface area contributed by atoms with Crippen LogP contribution in [-0.2, 0) is 16.1 Å². The SMILES string of the molecule is O=C1CN(Cc2ccccc2F)CC(=O)N1CCCN1CCC(C=C(c2ccc(F)cc2)c2ccc(F)cc2)C1. The second kappa shape index (κ2) is 12.6. The predicted octanol–water partition coefficient (Wildman–Crippen LogP) is 5.12. The number of benzene rings is 3. The molecule has 40 heavy (non-hydrogen) atoms. The summed E-state index contributed by atoms with van der Waals surface area (Å²) in [6.45, 7) is 3.22. The Morgan fingerprint density at radius 3 is 1.98 bits per heavy atom. The van der Waals surface area contributed by atoms with Gasteiger partial charge in [-0.2, -0.15) is 0 Å². The molecule has 0 saturated carbocycles. The number of likely N-dealkylation sites (tertiary alicyclic amines) is 1. The van der Waals surface area contributed by atoms with E-state index < -0.39 is 0 Å². The molecule has 0 spiro atoms. The minimum atomic E-state index is -0.342. The average Bonchev–Trinajstić information content (AvgIpc) is 3.39. The van der Waals surface area contributed by atoms with E-state index in [-0.39, 0.29) is 54.8 Å². The fourth-order valence-electron chi connectivity index (χ4n) is 5.48. The summed E-state index contributed by atoms with van der Waals surface area (Å²) in [6, 6.07) is 19.0. The molecule has 2 aliphatic heterocycles. The van der Waals surface area contributed by atoms with Gasteiger partial charge in [-0.3, -0.25) is 19.4 Å². The number of hydrogen-bond donors (Lipinski definition) is 0. The summed E-state index contributed by atoms with van der Waals surface area (Å²) >= 11 is 0. The van der Waals surface area contributed by atoms with Crippen LogP contribution in [0.5, 0.6) is 0 Å². The van der Waals surface area contributed by atoms with Crippen molar-refractivity contribution in [3.05, 3.63) is 113 Å². The van der Waals surface area contributed by atoms with Crippen LogP contribution >= 0.6 is 0 Å². The lowest BCUT2D eigenvalue weighted by molar-refractivity contribution is -0.151. The normalized spacial score (nSPS) is 18.4. The van der Waals surface area contributed by atoms with Gasteiger partial charge in [0.1, 0.15) is 17.5 Å². The van der Waals surface area contributed by atoms with Gasteiger partial charge in [0.2, 0.25) is 11.8 Å². The number of halogens is 3. The van der Waals surface area contributed by atoms with Gasteiger partial charge in [0.05, 0.1) is 13.1 Å². The van der Waals surface area contributed by atoms with Crippen molar-refractivity contribution in [2.24, 2.45) is 5.92 Å². The molecule has 5 rings (SSSR count). The van der Waals surface area contributed by atoms with Crippen molar-refractivity contribution in [1.82, 2.24) is 14.7 Å². The smallest absolute Gasteiger partial charge is 0.243 e. The van der Waals surface area contributed by atoms with E-state index in [0.717, 1.165) is 42.8 Å². The zero-order valence-electron chi connectivity index (χ0n) is 22.2. The fraction of sp³-hybridized carbons (Fsp3) is 0.312. The summed E-state index contributed by atoms with van der Waals surface area (Å²) in [7, 11) is 0. The Morgan fingerprint density at radius 1 is 0.775 bits per heavy atom. The van der Waals surface area contributed by atoms with E-state index in [4.69, 9.17) is 0 Å². The molecule has 1 atom stereocenters. The van der Waals surface area contributed by atoms with Crippen LogP contribution in [0.2, 0.25) is 0 Å². The Kier molecular flexibility index (Phi) is 8.77. The van der Waals surface area contributed by atoms with Gasteiger partial charge in [-0.05, 0) is 78.9 Å². The number of piperazine rings is 1. The van der Waals surface area contributed by atoms with E-state index in [2.05, 4.69) is 11.0 Å². The van der Waals surface area contributed by atoms with Crippen LogP contribution in [0.4, 0.5) is 13.2 Å². The highest BCUT2D eigenvalue weighted by atomic mass is 19.1. The zero-order chi connectivity index (χ0) is 28.1. The monoisotopic (exact) mass is 547 g/mol. The maximum Gasteiger partial charge on any atom is 0.243 e. The van der Waals surface area contributed by atoms with E-state index >= 15 is 0 Å². The Balaban J connectivity index is 1.15. The first-order valence-electron chi connectivity index (χ1n) is 13.6. The Morgan fingerprint density at radius 2 is 1.38 bits per heavy atom. The summed E-state index contributed by atoms with van der Waals surface area (Å²) in [4.78, 5) is 30.7. The third kappa shape index (κ3) is 6.87. The van der Waals surface area contributed by atoms with Crippen molar-refractivity contribution in [1.29, 1.82) is 0 Å². The summed E-state index contributed by atoms with van der Waals surface area (Å²) < 4.78 is 41.1. The minimum absolute atomic E-state index is 0.0895. The lowest BCUT2D eigenvalue weighted by Crippen LogP contribution is -2.54. The van der Waals surface area contributed by atoms with Gasteiger partial charge in [-0.1, -0.05) is 48.5 Å². The van der Waals surface area contributed by atoms with Gasteiger partial charge in [0.25, 0.3) is 0 Å². The van der Waals surface area contributed by atoms with Crippen LogP contribution in [-0.4, -0.2) is 65.8 Å². The van der Waals surface area contributed by atoms with Crippen molar-refractivity contribution >= 4 is 17.4 Å². The molecule has 3 aromatic carbocycles. The van der Waals surface area contributed by atoms with Crippen LogP contribution in [0.1, 0.15) is 29.5 Å². The minimum Gasteiger partial charge on any atom is -0.303 e. The Bertz CT molecular complexity index is 1310. The molecule has 0 N–H and O–H groups in total. The van der Waals surface area contributed by atoms with Crippen molar-refractivity contribution < 1.29 is 22.8 Å². The number of carbonyl (C=O) groups excluding carboxylic acids is 2. The standard InChI is InChI=1S/C32H32F3N3O2/c33-27-10-6-24(7-11-27)29(25-8-12-28(34)13-9-25)18-23-14-17-36(19-23)15-3-16-38-31(39)21-37(22-32(38)40)20-26-4-1-2-5-30(26)35/h1-2,4-13,18,23H,3,14-17,19-22H2. The Hall–Kier alpha value is -3.75. The number of rotatable bonds is 9. The summed E-state index contributed by atoms with van der Waals surface area (Å²) in [6.07, 6.45) is 3.80. The van der Waals surface area contributed by atoms with Crippen molar-refractivity contribution in [2.75, 3.05) is 39.3 Å². The number of nitrogens with zero attached hydrogens (tertiary/aromatic N) is 3. The molecule has 1 unspecified atom stereocenters. The largest absolute Gasteiger partial charge is 0.303 e. The average molecular weight is 548 g/mol. The summed E-state index contributed by atoms with van der Waals surface area (Å²) in [5, 5.41) is 0. The molecule has 0 aromatic heterocycles. The fourth-order valence-corrected chi connectivity index (χ4v) is 5.48. The van der Waals surface area contributed by atoms with E-state index in [9.17, 15) is 22.8 Å². The van der Waals surface area contributed by atoms with Crippen LogP contribution < -0.4 is 0 Å². The van der Waals surface area contributed by atoms with E-state index in [1.54, 1.807) is 47.4 Å². The van der Waals surface area contributed by atoms with Crippen molar-refractivity contribution in [3.8, 4) is 0 Å². The molecule has 208 valence electrons. The lowest BCUT2D eigenvalue weighted by Gasteiger charge is -2.33. The quantitative estimate of drug-likeness (QED) is 0.349. The van der Waals surface area contributed by atoms with Gasteiger partial charge in [0.15, 0.2) is 0 Å². The molecule has 0 bridgehead atoms. The first-order valence-corrected chi connectivity index (χ1v) is 13.6. The number of carbonyl (C=O) groups is 2. The highest BCUT2D eigenvalue weighted by Gasteiger charge is 2.31. The van der Waals surface area contributed by atoms with Gasteiger partial charge < -0.3 is 4.90 Å². The Labute approximate surface area is 232 Å². The van der Waals surface area contributed by atoms with E-state index in [1.165, 1.54) is 35.2 Å². The molecule has 8 heteroatoms. The first kappa shape index (κ1) is 27.8. The summed E-state index contributed by atoms with van der Waals surface area (Å²) in [5.74, 6) is -1.20. The van der Waals surface area contributed by atoms with Crippen LogP contribution in [0.15, 0.2) is 78.9 Å². The predicted molar refractivity (Wildman–Crippen MR) is 147 cm³/mol. The van der Waals surface area contributed by atoms with Crippen LogP contribution in [0.3, 0.4) is 0 Å². The number of amides is 2. The maximum absolute atomic E-state index is 14.0. The van der Waals surface area contributed by atoms with Gasteiger partial charge in [0, 0.05) is 25.2 Å². The highest BCUT2D eigenvalue weighted by Crippen LogP contribution is 2.29. The third-order valence-corrected chi connectivity index (χ3v) is 7.55. The second-order valence-electron chi connectivity index (χ2n) is 10.5. The van der Waals surface area contributed by atoms with Crippen LogP contribution in [0.25, 0.3) is 5.57 Å². The van der Waals surface area contributed by atoms with Crippen molar-refractivity contribution in [2.45, 2.75) is 19.4 Å². The lowest BCUT2D eigenvalue weighted by atomic mass is 9.93. The molecule has 2 fully saturated rings. The van der Waals surface area contributed by atoms with Gasteiger partial charge in [-0.25, -0.2) is 13.2 Å². The second-order valence-corrected chi connectivity index (χ2v) is 10.5. The first-order chi connectivity index (χ1) is 19.4. The van der Waals surface area contributed by atoms with E-state index in [0.29, 0.717) is 18.5 Å². The summed E-state index contributed by atoms with van der Waals surface area (Å²) in [5.41, 5.74) is 3.16. The molecular weight excluding hydrogens is 515 g/mol. The molecule has 0 radical (unpaired) electrons. The molecule has 3 aromatic rings. The molecular formula is C32H32F3N3O2. The number of hydrogen-bond acceptors (Lipinski definition) is 4.